The number of fused-ring (bicyclic) bond motifs is 1. The van der Waals surface area contributed by atoms with E-state index in [9.17, 15) is 4.79 Å². The standard InChI is InChI=1S/C29H37N7O/c1-2-3-10-18-35-27(37)25-26(32-28(35)31-19-22-12-6-4-7-13-22)33-29(34-17-11-16-24(30)21-34)36(25)20-23-14-8-5-9-15-23/h4-9,12-15,24H,2-3,10-11,16-21,30H2,1H3,(H,31,32). The fraction of sp³-hybridized carbons (Fsp3) is 0.414. The Morgan fingerprint density at radius 2 is 1.70 bits per heavy atom. The molecule has 1 aliphatic rings. The largest absolute Gasteiger partial charge is 0.351 e. The summed E-state index contributed by atoms with van der Waals surface area (Å²) in [5.41, 5.74) is 9.57. The topological polar surface area (TPSA) is 94.0 Å². The van der Waals surface area contributed by atoms with Crippen molar-refractivity contribution in [2.45, 2.75) is 64.7 Å². The molecule has 1 fully saturated rings. The first-order valence-corrected chi connectivity index (χ1v) is 13.5. The molecular weight excluding hydrogens is 462 g/mol. The summed E-state index contributed by atoms with van der Waals surface area (Å²) >= 11 is 0. The minimum atomic E-state index is -0.0485. The van der Waals surface area contributed by atoms with Crippen LogP contribution >= 0.6 is 0 Å². The second kappa shape index (κ2) is 11.6. The van der Waals surface area contributed by atoms with Crippen LogP contribution in [0.1, 0.15) is 50.2 Å². The van der Waals surface area contributed by atoms with Crippen molar-refractivity contribution in [2.24, 2.45) is 5.73 Å². The van der Waals surface area contributed by atoms with Crippen LogP contribution in [0.4, 0.5) is 11.9 Å². The molecule has 8 heteroatoms. The lowest BCUT2D eigenvalue weighted by molar-refractivity contribution is 0.495. The van der Waals surface area contributed by atoms with Crippen molar-refractivity contribution in [3.05, 3.63) is 82.1 Å². The normalized spacial score (nSPS) is 15.8. The molecule has 194 valence electrons. The van der Waals surface area contributed by atoms with E-state index in [0.717, 1.165) is 62.3 Å². The first-order valence-electron chi connectivity index (χ1n) is 13.5. The van der Waals surface area contributed by atoms with Gasteiger partial charge in [-0.3, -0.25) is 13.9 Å². The number of benzene rings is 2. The van der Waals surface area contributed by atoms with Gasteiger partial charge < -0.3 is 16.0 Å². The van der Waals surface area contributed by atoms with Crippen LogP contribution in [-0.2, 0) is 19.6 Å². The molecule has 3 heterocycles. The van der Waals surface area contributed by atoms with Gasteiger partial charge in [-0.25, -0.2) is 0 Å². The monoisotopic (exact) mass is 499 g/mol. The molecule has 5 rings (SSSR count). The maximum Gasteiger partial charge on any atom is 0.281 e. The van der Waals surface area contributed by atoms with Crippen molar-refractivity contribution >= 4 is 23.1 Å². The summed E-state index contributed by atoms with van der Waals surface area (Å²) in [5.74, 6) is 1.35. The van der Waals surface area contributed by atoms with Gasteiger partial charge in [-0.05, 0) is 30.4 Å². The van der Waals surface area contributed by atoms with Crippen molar-refractivity contribution in [3.63, 3.8) is 0 Å². The van der Waals surface area contributed by atoms with E-state index >= 15 is 0 Å². The zero-order valence-corrected chi connectivity index (χ0v) is 21.6. The Kier molecular flexibility index (Phi) is 7.84. The minimum absolute atomic E-state index is 0.0485. The molecule has 0 aliphatic carbocycles. The second-order valence-corrected chi connectivity index (χ2v) is 9.94. The summed E-state index contributed by atoms with van der Waals surface area (Å²) in [6.07, 6.45) is 5.08. The number of nitrogens with zero attached hydrogens (tertiary/aromatic N) is 5. The first-order chi connectivity index (χ1) is 18.1. The number of hydrogen-bond acceptors (Lipinski definition) is 6. The quantitative estimate of drug-likeness (QED) is 0.315. The summed E-state index contributed by atoms with van der Waals surface area (Å²) in [4.78, 5) is 26.2. The maximum absolute atomic E-state index is 14.1. The van der Waals surface area contributed by atoms with Crippen LogP contribution in [0, 0.1) is 0 Å². The van der Waals surface area contributed by atoms with Crippen molar-refractivity contribution in [1.82, 2.24) is 19.1 Å². The summed E-state index contributed by atoms with van der Waals surface area (Å²) in [5, 5.41) is 3.42. The Hall–Kier alpha value is -3.65. The molecule has 0 radical (unpaired) electrons. The van der Waals surface area contributed by atoms with Crippen molar-refractivity contribution in [2.75, 3.05) is 23.3 Å². The Morgan fingerprint density at radius 3 is 2.41 bits per heavy atom. The molecule has 0 spiro atoms. The van der Waals surface area contributed by atoms with Gasteiger partial charge in [-0.1, -0.05) is 80.4 Å². The summed E-state index contributed by atoms with van der Waals surface area (Å²) in [6.45, 7) is 5.53. The van der Waals surface area contributed by atoms with Crippen LogP contribution in [0.15, 0.2) is 65.5 Å². The van der Waals surface area contributed by atoms with Crippen LogP contribution in [0.25, 0.3) is 11.2 Å². The first kappa shape index (κ1) is 25.0. The smallest absolute Gasteiger partial charge is 0.281 e. The van der Waals surface area contributed by atoms with Gasteiger partial charge in [-0.2, -0.15) is 9.97 Å². The SMILES string of the molecule is CCCCCn1c(NCc2ccccc2)nc2nc(N3CCCC(N)C3)n(Cc3ccccc3)c2c1=O. The minimum Gasteiger partial charge on any atom is -0.351 e. The average molecular weight is 500 g/mol. The van der Waals surface area contributed by atoms with Crippen molar-refractivity contribution in [3.8, 4) is 0 Å². The number of imidazole rings is 1. The Morgan fingerprint density at radius 1 is 0.973 bits per heavy atom. The molecule has 1 aliphatic heterocycles. The molecule has 8 nitrogen and oxygen atoms in total. The molecule has 3 N–H and O–H groups in total. The number of unbranched alkanes of at least 4 members (excludes halogenated alkanes) is 2. The number of rotatable bonds is 10. The average Bonchev–Trinajstić information content (AvgIpc) is 3.28. The number of piperidine rings is 1. The zero-order chi connectivity index (χ0) is 25.6. The zero-order valence-electron chi connectivity index (χ0n) is 21.6. The van der Waals surface area contributed by atoms with Crippen molar-refractivity contribution < 1.29 is 0 Å². The molecular formula is C29H37N7O. The van der Waals surface area contributed by atoms with Gasteiger partial charge in [0, 0.05) is 32.2 Å². The highest BCUT2D eigenvalue weighted by Crippen LogP contribution is 2.25. The molecule has 2 aromatic carbocycles. The fourth-order valence-corrected chi connectivity index (χ4v) is 5.09. The van der Waals surface area contributed by atoms with E-state index in [1.165, 1.54) is 0 Å². The predicted molar refractivity (Wildman–Crippen MR) is 150 cm³/mol. The van der Waals surface area contributed by atoms with Crippen LogP contribution in [0.5, 0.6) is 0 Å². The van der Waals surface area contributed by atoms with E-state index < -0.39 is 0 Å². The Bertz CT molecular complexity index is 1360. The molecule has 0 saturated carbocycles. The number of hydrogen-bond donors (Lipinski definition) is 2. The number of nitrogens with two attached hydrogens (primary N) is 1. The summed E-state index contributed by atoms with van der Waals surface area (Å²) in [6, 6.07) is 20.5. The van der Waals surface area contributed by atoms with Gasteiger partial charge in [0.2, 0.25) is 11.9 Å². The molecule has 37 heavy (non-hydrogen) atoms. The van der Waals surface area contributed by atoms with Gasteiger partial charge in [0.15, 0.2) is 11.2 Å². The predicted octanol–water partition coefficient (Wildman–Crippen LogP) is 4.37. The Labute approximate surface area is 218 Å². The molecule has 1 saturated heterocycles. The van der Waals surface area contributed by atoms with Crippen LogP contribution in [0.2, 0.25) is 0 Å². The van der Waals surface area contributed by atoms with Crippen LogP contribution in [-0.4, -0.2) is 38.2 Å². The number of nitrogens with one attached hydrogen (secondary N) is 1. The van der Waals surface area contributed by atoms with E-state index in [4.69, 9.17) is 15.7 Å². The van der Waals surface area contributed by atoms with Gasteiger partial charge in [0.1, 0.15) is 0 Å². The maximum atomic E-state index is 14.1. The highest BCUT2D eigenvalue weighted by molar-refractivity contribution is 5.76. The van der Waals surface area contributed by atoms with E-state index in [2.05, 4.69) is 46.0 Å². The third-order valence-corrected chi connectivity index (χ3v) is 7.05. The molecule has 2 aromatic heterocycles. The van der Waals surface area contributed by atoms with Gasteiger partial charge >= 0.3 is 0 Å². The van der Waals surface area contributed by atoms with E-state index in [1.54, 1.807) is 4.57 Å². The Balaban J connectivity index is 1.61. The second-order valence-electron chi connectivity index (χ2n) is 9.94. The van der Waals surface area contributed by atoms with E-state index in [1.807, 2.05) is 36.4 Å². The number of aromatic nitrogens is 4. The summed E-state index contributed by atoms with van der Waals surface area (Å²) < 4.78 is 3.85. The molecule has 0 amide bonds. The van der Waals surface area contributed by atoms with Gasteiger partial charge in [0.05, 0.1) is 6.54 Å². The highest BCUT2D eigenvalue weighted by atomic mass is 16.1. The van der Waals surface area contributed by atoms with Crippen molar-refractivity contribution in [1.29, 1.82) is 0 Å². The van der Waals surface area contributed by atoms with E-state index in [-0.39, 0.29) is 11.6 Å². The lowest BCUT2D eigenvalue weighted by atomic mass is 10.1. The molecule has 1 atom stereocenters. The van der Waals surface area contributed by atoms with Gasteiger partial charge in [-0.15, -0.1) is 0 Å². The lowest BCUT2D eigenvalue weighted by Crippen LogP contribution is -2.44. The lowest BCUT2D eigenvalue weighted by Gasteiger charge is -2.31. The molecule has 0 bridgehead atoms. The highest BCUT2D eigenvalue weighted by Gasteiger charge is 2.26. The van der Waals surface area contributed by atoms with Crippen LogP contribution in [0.3, 0.4) is 0 Å². The summed E-state index contributed by atoms with van der Waals surface area (Å²) in [7, 11) is 0. The third-order valence-electron chi connectivity index (χ3n) is 7.05. The number of anilines is 2. The molecule has 1 unspecified atom stereocenters. The van der Waals surface area contributed by atoms with Gasteiger partial charge in [0.25, 0.3) is 5.56 Å². The van der Waals surface area contributed by atoms with E-state index in [0.29, 0.717) is 36.7 Å². The third kappa shape index (κ3) is 5.69. The molecule has 4 aromatic rings. The van der Waals surface area contributed by atoms with Crippen LogP contribution < -0.4 is 21.5 Å². The fourth-order valence-electron chi connectivity index (χ4n) is 5.09.